The lowest BCUT2D eigenvalue weighted by Crippen LogP contribution is -2.39. The number of benzene rings is 1. The van der Waals surface area contributed by atoms with Crippen LogP contribution in [0.2, 0.25) is 0 Å². The summed E-state index contributed by atoms with van der Waals surface area (Å²) < 4.78 is 5.08. The first-order chi connectivity index (χ1) is 14.1. The van der Waals surface area contributed by atoms with E-state index in [1.807, 2.05) is 19.1 Å². The van der Waals surface area contributed by atoms with Gasteiger partial charge in [-0.05, 0) is 64.2 Å². The highest BCUT2D eigenvalue weighted by atomic mass is 16.6. The summed E-state index contributed by atoms with van der Waals surface area (Å²) in [4.78, 5) is 35.6. The molecule has 1 aromatic rings. The van der Waals surface area contributed by atoms with Crippen LogP contribution >= 0.6 is 0 Å². The highest BCUT2D eigenvalue weighted by Gasteiger charge is 2.17. The van der Waals surface area contributed by atoms with Crippen molar-refractivity contribution in [2.45, 2.75) is 65.5 Å². The highest BCUT2D eigenvalue weighted by molar-refractivity contribution is 5.99. The van der Waals surface area contributed by atoms with E-state index in [1.54, 1.807) is 39.0 Å². The van der Waals surface area contributed by atoms with Crippen molar-refractivity contribution in [1.82, 2.24) is 10.6 Å². The lowest BCUT2D eigenvalue weighted by atomic mass is 9.99. The predicted molar refractivity (Wildman–Crippen MR) is 117 cm³/mol. The summed E-state index contributed by atoms with van der Waals surface area (Å²) in [6.07, 6.45) is 5.89. The standard InChI is InChI=1S/C23H33N3O4/c1-16(18-7-5-6-8-18)13-20(27)26-19-11-9-17(10-12-19)14-24-21(28)15-25-22(29)30-23(2,3)4/h9-13,18H,5-8,14-15H2,1-4H3,(H,24,28)(H,25,29)(H,26,27)/b16-13+. The van der Waals surface area contributed by atoms with Crippen molar-refractivity contribution in [3.8, 4) is 0 Å². The molecule has 0 aromatic heterocycles. The summed E-state index contributed by atoms with van der Waals surface area (Å²) in [5.41, 5.74) is 2.13. The molecule has 1 saturated carbocycles. The number of rotatable bonds is 7. The molecule has 0 bridgehead atoms. The molecule has 1 aliphatic rings. The third kappa shape index (κ3) is 8.68. The summed E-state index contributed by atoms with van der Waals surface area (Å²) in [6.45, 7) is 7.46. The quantitative estimate of drug-likeness (QED) is 0.589. The lowest BCUT2D eigenvalue weighted by Gasteiger charge is -2.19. The Labute approximate surface area is 178 Å². The maximum atomic E-state index is 12.2. The van der Waals surface area contributed by atoms with Crippen LogP contribution in [-0.4, -0.2) is 30.1 Å². The molecule has 3 amide bonds. The van der Waals surface area contributed by atoms with Crippen LogP contribution in [0, 0.1) is 5.92 Å². The second-order valence-corrected chi connectivity index (χ2v) is 8.69. The van der Waals surface area contributed by atoms with Gasteiger partial charge in [0.2, 0.25) is 11.8 Å². The Morgan fingerprint density at radius 3 is 2.30 bits per heavy atom. The van der Waals surface area contributed by atoms with Crippen molar-refractivity contribution >= 4 is 23.6 Å². The molecule has 164 valence electrons. The zero-order chi connectivity index (χ0) is 22.1. The summed E-state index contributed by atoms with van der Waals surface area (Å²) >= 11 is 0. The molecule has 1 aromatic carbocycles. The number of nitrogens with one attached hydrogen (secondary N) is 3. The molecule has 0 aliphatic heterocycles. The van der Waals surface area contributed by atoms with Gasteiger partial charge in [-0.3, -0.25) is 9.59 Å². The van der Waals surface area contributed by atoms with Gasteiger partial charge >= 0.3 is 6.09 Å². The topological polar surface area (TPSA) is 96.5 Å². The van der Waals surface area contributed by atoms with Gasteiger partial charge in [0.1, 0.15) is 12.1 Å². The fourth-order valence-electron chi connectivity index (χ4n) is 3.32. The largest absolute Gasteiger partial charge is 0.444 e. The van der Waals surface area contributed by atoms with Crippen molar-refractivity contribution in [3.63, 3.8) is 0 Å². The molecule has 1 fully saturated rings. The van der Waals surface area contributed by atoms with Crippen LogP contribution in [0.1, 0.15) is 58.9 Å². The molecular weight excluding hydrogens is 382 g/mol. The Balaban J connectivity index is 1.73. The Morgan fingerprint density at radius 1 is 1.07 bits per heavy atom. The second kappa shape index (κ2) is 10.8. The van der Waals surface area contributed by atoms with Crippen LogP contribution in [0.5, 0.6) is 0 Å². The smallest absolute Gasteiger partial charge is 0.408 e. The zero-order valence-electron chi connectivity index (χ0n) is 18.3. The van der Waals surface area contributed by atoms with E-state index in [2.05, 4.69) is 16.0 Å². The molecule has 0 spiro atoms. The van der Waals surface area contributed by atoms with Gasteiger partial charge in [0, 0.05) is 18.3 Å². The predicted octanol–water partition coefficient (Wildman–Crippen LogP) is 3.90. The van der Waals surface area contributed by atoms with E-state index in [-0.39, 0.29) is 18.4 Å². The molecule has 2 rings (SSSR count). The minimum atomic E-state index is -0.630. The van der Waals surface area contributed by atoms with Crippen LogP contribution in [0.25, 0.3) is 0 Å². The van der Waals surface area contributed by atoms with Gasteiger partial charge in [-0.25, -0.2) is 4.79 Å². The fourth-order valence-corrected chi connectivity index (χ4v) is 3.32. The molecule has 3 N–H and O–H groups in total. The summed E-state index contributed by atoms with van der Waals surface area (Å²) in [5, 5.41) is 8.02. The molecule has 0 unspecified atom stereocenters. The van der Waals surface area contributed by atoms with E-state index in [1.165, 1.54) is 25.7 Å². The van der Waals surface area contributed by atoms with Crippen LogP contribution in [0.3, 0.4) is 0 Å². The number of amides is 3. The molecule has 1 aliphatic carbocycles. The van der Waals surface area contributed by atoms with Crippen molar-refractivity contribution in [1.29, 1.82) is 0 Å². The number of carbonyl (C=O) groups is 3. The van der Waals surface area contributed by atoms with Crippen molar-refractivity contribution in [2.24, 2.45) is 5.92 Å². The average Bonchev–Trinajstić information content (AvgIpc) is 3.19. The number of alkyl carbamates (subject to hydrolysis) is 1. The molecule has 0 heterocycles. The summed E-state index contributed by atoms with van der Waals surface area (Å²) in [7, 11) is 0. The van der Waals surface area contributed by atoms with Crippen molar-refractivity contribution in [2.75, 3.05) is 11.9 Å². The highest BCUT2D eigenvalue weighted by Crippen LogP contribution is 2.30. The van der Waals surface area contributed by atoms with Crippen LogP contribution in [-0.2, 0) is 20.9 Å². The van der Waals surface area contributed by atoms with E-state index >= 15 is 0 Å². The molecule has 0 radical (unpaired) electrons. The number of ether oxygens (including phenoxy) is 1. The van der Waals surface area contributed by atoms with E-state index in [0.717, 1.165) is 11.1 Å². The molecular formula is C23H33N3O4. The van der Waals surface area contributed by atoms with Gasteiger partial charge in [0.25, 0.3) is 0 Å². The van der Waals surface area contributed by atoms with Gasteiger partial charge in [-0.2, -0.15) is 0 Å². The Bertz CT molecular complexity index is 773. The summed E-state index contributed by atoms with van der Waals surface area (Å²) in [6, 6.07) is 7.28. The van der Waals surface area contributed by atoms with Gasteiger partial charge in [0.15, 0.2) is 0 Å². The van der Waals surface area contributed by atoms with E-state index in [9.17, 15) is 14.4 Å². The lowest BCUT2D eigenvalue weighted by molar-refractivity contribution is -0.120. The number of hydrogen-bond donors (Lipinski definition) is 3. The van der Waals surface area contributed by atoms with Crippen molar-refractivity contribution in [3.05, 3.63) is 41.5 Å². The number of carbonyl (C=O) groups excluding carboxylic acids is 3. The minimum Gasteiger partial charge on any atom is -0.444 e. The van der Waals surface area contributed by atoms with E-state index < -0.39 is 11.7 Å². The SMILES string of the molecule is C/C(=C\C(=O)Nc1ccc(CNC(=O)CNC(=O)OC(C)(C)C)cc1)C1CCCC1. The van der Waals surface area contributed by atoms with Crippen molar-refractivity contribution < 1.29 is 19.1 Å². The first-order valence-electron chi connectivity index (χ1n) is 10.4. The van der Waals surface area contributed by atoms with E-state index in [0.29, 0.717) is 18.2 Å². The first kappa shape index (κ1) is 23.4. The molecule has 7 heteroatoms. The molecule has 30 heavy (non-hydrogen) atoms. The molecule has 7 nitrogen and oxygen atoms in total. The van der Waals surface area contributed by atoms with Gasteiger partial charge in [-0.15, -0.1) is 0 Å². The second-order valence-electron chi connectivity index (χ2n) is 8.69. The van der Waals surface area contributed by atoms with Gasteiger partial charge in [-0.1, -0.05) is 30.5 Å². The minimum absolute atomic E-state index is 0.117. The average molecular weight is 416 g/mol. The summed E-state index contributed by atoms with van der Waals surface area (Å²) in [5.74, 6) is 0.103. The van der Waals surface area contributed by atoms with Gasteiger partial charge in [0.05, 0.1) is 0 Å². The third-order valence-corrected chi connectivity index (χ3v) is 4.86. The number of allylic oxidation sites excluding steroid dienone is 1. The Hall–Kier alpha value is -2.83. The van der Waals surface area contributed by atoms with E-state index in [4.69, 9.17) is 4.74 Å². The fraction of sp³-hybridized carbons (Fsp3) is 0.522. The molecule has 0 atom stereocenters. The maximum Gasteiger partial charge on any atom is 0.408 e. The molecule has 0 saturated heterocycles. The first-order valence-corrected chi connectivity index (χ1v) is 10.4. The van der Waals surface area contributed by atoms with Gasteiger partial charge < -0.3 is 20.7 Å². The zero-order valence-corrected chi connectivity index (χ0v) is 18.3. The maximum absolute atomic E-state index is 12.2. The number of anilines is 1. The Kier molecular flexibility index (Phi) is 8.45. The number of hydrogen-bond acceptors (Lipinski definition) is 4. The third-order valence-electron chi connectivity index (χ3n) is 4.86. The van der Waals surface area contributed by atoms with Crippen LogP contribution in [0.4, 0.5) is 10.5 Å². The monoisotopic (exact) mass is 415 g/mol. The van der Waals surface area contributed by atoms with Crippen LogP contribution in [0.15, 0.2) is 35.9 Å². The Morgan fingerprint density at radius 2 is 1.70 bits per heavy atom. The normalized spacial score (nSPS) is 14.9. The van der Waals surface area contributed by atoms with Crippen LogP contribution < -0.4 is 16.0 Å².